The van der Waals surface area contributed by atoms with Crippen molar-refractivity contribution in [1.29, 1.82) is 0 Å². The Kier molecular flexibility index (Phi) is 4.60. The molecule has 90 valence electrons. The van der Waals surface area contributed by atoms with Crippen molar-refractivity contribution in [2.75, 3.05) is 13.1 Å². The normalized spacial score (nSPS) is 20.8. The molecule has 0 saturated heterocycles. The maximum atomic E-state index is 6.43. The van der Waals surface area contributed by atoms with Crippen molar-refractivity contribution in [3.63, 3.8) is 0 Å². The lowest BCUT2D eigenvalue weighted by Gasteiger charge is -2.36. The summed E-state index contributed by atoms with van der Waals surface area (Å²) in [4.78, 5) is 2.55. The van der Waals surface area contributed by atoms with Gasteiger partial charge in [0.05, 0.1) is 0 Å². The second-order valence-electron chi connectivity index (χ2n) is 5.99. The number of hydrogen-bond donors (Lipinski definition) is 1. The van der Waals surface area contributed by atoms with Crippen LogP contribution in [0.5, 0.6) is 0 Å². The zero-order valence-corrected chi connectivity index (χ0v) is 10.9. The van der Waals surface area contributed by atoms with E-state index in [9.17, 15) is 0 Å². The first-order chi connectivity index (χ1) is 6.93. The van der Waals surface area contributed by atoms with E-state index in [2.05, 4.69) is 32.6 Å². The highest BCUT2D eigenvalue weighted by molar-refractivity contribution is 4.92. The fourth-order valence-corrected chi connectivity index (χ4v) is 2.57. The molecule has 0 unspecified atom stereocenters. The number of nitrogens with zero attached hydrogens (tertiary/aromatic N) is 1. The van der Waals surface area contributed by atoms with Gasteiger partial charge in [0.15, 0.2) is 0 Å². The molecule has 2 N–H and O–H groups in total. The van der Waals surface area contributed by atoms with Crippen molar-refractivity contribution in [1.82, 2.24) is 4.90 Å². The summed E-state index contributed by atoms with van der Waals surface area (Å²) in [6, 6.07) is 0.619. The quantitative estimate of drug-likeness (QED) is 0.759. The molecule has 1 saturated carbocycles. The molecule has 0 amide bonds. The Balaban J connectivity index is 2.49. The largest absolute Gasteiger partial charge is 0.324 e. The van der Waals surface area contributed by atoms with Crippen molar-refractivity contribution in [2.24, 2.45) is 11.7 Å². The lowest BCUT2D eigenvalue weighted by molar-refractivity contribution is 0.153. The Bertz CT molecular complexity index is 181. The van der Waals surface area contributed by atoms with E-state index < -0.39 is 0 Å². The van der Waals surface area contributed by atoms with Crippen LogP contribution in [-0.2, 0) is 0 Å². The van der Waals surface area contributed by atoms with Crippen molar-refractivity contribution in [3.8, 4) is 0 Å². The van der Waals surface area contributed by atoms with Gasteiger partial charge in [-0.3, -0.25) is 4.90 Å². The third-order valence-corrected chi connectivity index (χ3v) is 3.45. The maximum Gasteiger partial charge on any atom is 0.0283 e. The predicted molar refractivity (Wildman–Crippen MR) is 66.9 cm³/mol. The van der Waals surface area contributed by atoms with Crippen molar-refractivity contribution < 1.29 is 0 Å². The van der Waals surface area contributed by atoms with E-state index in [4.69, 9.17) is 5.73 Å². The van der Waals surface area contributed by atoms with Crippen LogP contribution in [0.2, 0.25) is 0 Å². The molecule has 0 spiro atoms. The van der Waals surface area contributed by atoms with Gasteiger partial charge in [-0.2, -0.15) is 0 Å². The minimum absolute atomic E-state index is 0.110. The second kappa shape index (κ2) is 5.31. The lowest BCUT2D eigenvalue weighted by Crippen LogP contribution is -2.51. The van der Waals surface area contributed by atoms with Crippen LogP contribution in [0.15, 0.2) is 0 Å². The molecule has 0 aromatic carbocycles. The molecule has 0 aromatic heterocycles. The SMILES string of the molecule is CC(C)CN(CC1(N)CCCC1)C(C)C. The van der Waals surface area contributed by atoms with Crippen molar-refractivity contribution in [2.45, 2.75) is 65.0 Å². The molecule has 2 nitrogen and oxygen atoms in total. The van der Waals surface area contributed by atoms with E-state index in [0.717, 1.165) is 12.5 Å². The van der Waals surface area contributed by atoms with Crippen LogP contribution < -0.4 is 5.73 Å². The molecular weight excluding hydrogens is 184 g/mol. The second-order valence-corrected chi connectivity index (χ2v) is 5.99. The van der Waals surface area contributed by atoms with E-state index in [-0.39, 0.29) is 5.54 Å². The summed E-state index contributed by atoms with van der Waals surface area (Å²) >= 11 is 0. The Morgan fingerprint density at radius 3 is 2.07 bits per heavy atom. The van der Waals surface area contributed by atoms with Crippen LogP contribution in [0.25, 0.3) is 0 Å². The van der Waals surface area contributed by atoms with Gasteiger partial charge in [-0.05, 0) is 32.6 Å². The Hall–Kier alpha value is -0.0800. The molecule has 1 aliphatic carbocycles. The van der Waals surface area contributed by atoms with E-state index >= 15 is 0 Å². The molecular formula is C13H28N2. The molecule has 2 heteroatoms. The number of hydrogen-bond acceptors (Lipinski definition) is 2. The Morgan fingerprint density at radius 1 is 1.13 bits per heavy atom. The molecule has 0 atom stereocenters. The molecule has 1 aliphatic rings. The van der Waals surface area contributed by atoms with Gasteiger partial charge in [0, 0.05) is 24.7 Å². The summed E-state index contributed by atoms with van der Waals surface area (Å²) in [6.45, 7) is 11.4. The van der Waals surface area contributed by atoms with Gasteiger partial charge in [-0.25, -0.2) is 0 Å². The molecule has 0 radical (unpaired) electrons. The highest BCUT2D eigenvalue weighted by Gasteiger charge is 2.32. The minimum atomic E-state index is 0.110. The van der Waals surface area contributed by atoms with Gasteiger partial charge in [0.1, 0.15) is 0 Å². The van der Waals surface area contributed by atoms with E-state index in [1.807, 2.05) is 0 Å². The average Bonchev–Trinajstić information content (AvgIpc) is 2.50. The monoisotopic (exact) mass is 212 g/mol. The fourth-order valence-electron chi connectivity index (χ4n) is 2.57. The van der Waals surface area contributed by atoms with Crippen LogP contribution in [0, 0.1) is 5.92 Å². The summed E-state index contributed by atoms with van der Waals surface area (Å²) in [5.41, 5.74) is 6.54. The van der Waals surface area contributed by atoms with Crippen LogP contribution >= 0.6 is 0 Å². The molecule has 15 heavy (non-hydrogen) atoms. The van der Waals surface area contributed by atoms with Crippen LogP contribution in [0.4, 0.5) is 0 Å². The predicted octanol–water partition coefficient (Wildman–Crippen LogP) is 2.62. The third kappa shape index (κ3) is 4.12. The molecule has 0 bridgehead atoms. The van der Waals surface area contributed by atoms with Crippen LogP contribution in [0.1, 0.15) is 53.4 Å². The third-order valence-electron chi connectivity index (χ3n) is 3.45. The summed E-state index contributed by atoms with van der Waals surface area (Å²) in [7, 11) is 0. The first kappa shape index (κ1) is 13.0. The minimum Gasteiger partial charge on any atom is -0.324 e. The van der Waals surface area contributed by atoms with Gasteiger partial charge in [0.25, 0.3) is 0 Å². The first-order valence-electron chi connectivity index (χ1n) is 6.46. The molecule has 1 rings (SSSR count). The summed E-state index contributed by atoms with van der Waals surface area (Å²) in [5, 5.41) is 0. The Labute approximate surface area is 95.2 Å². The molecule has 0 aromatic rings. The fraction of sp³-hybridized carbons (Fsp3) is 1.00. The molecule has 1 fully saturated rings. The zero-order chi connectivity index (χ0) is 11.5. The van der Waals surface area contributed by atoms with E-state index in [1.165, 1.54) is 32.2 Å². The zero-order valence-electron chi connectivity index (χ0n) is 10.9. The standard InChI is InChI=1S/C13H28N2/c1-11(2)9-15(12(3)4)10-13(14)7-5-6-8-13/h11-12H,5-10,14H2,1-4H3. The first-order valence-corrected chi connectivity index (χ1v) is 6.46. The van der Waals surface area contributed by atoms with Gasteiger partial charge in [-0.15, -0.1) is 0 Å². The molecule has 0 aliphatic heterocycles. The van der Waals surface area contributed by atoms with Crippen LogP contribution in [0.3, 0.4) is 0 Å². The van der Waals surface area contributed by atoms with Gasteiger partial charge >= 0.3 is 0 Å². The van der Waals surface area contributed by atoms with Gasteiger partial charge in [0.2, 0.25) is 0 Å². The topological polar surface area (TPSA) is 29.3 Å². The summed E-state index contributed by atoms with van der Waals surface area (Å²) < 4.78 is 0. The number of nitrogens with two attached hydrogens (primary N) is 1. The smallest absolute Gasteiger partial charge is 0.0283 e. The van der Waals surface area contributed by atoms with Gasteiger partial charge < -0.3 is 5.73 Å². The van der Waals surface area contributed by atoms with E-state index in [0.29, 0.717) is 6.04 Å². The average molecular weight is 212 g/mol. The summed E-state index contributed by atoms with van der Waals surface area (Å²) in [5.74, 6) is 0.734. The highest BCUT2D eigenvalue weighted by atomic mass is 15.2. The highest BCUT2D eigenvalue weighted by Crippen LogP contribution is 2.28. The lowest BCUT2D eigenvalue weighted by atomic mass is 9.97. The molecule has 0 heterocycles. The maximum absolute atomic E-state index is 6.43. The van der Waals surface area contributed by atoms with E-state index in [1.54, 1.807) is 0 Å². The van der Waals surface area contributed by atoms with Crippen molar-refractivity contribution in [3.05, 3.63) is 0 Å². The van der Waals surface area contributed by atoms with Gasteiger partial charge in [-0.1, -0.05) is 26.7 Å². The Morgan fingerprint density at radius 2 is 1.67 bits per heavy atom. The number of rotatable bonds is 5. The summed E-state index contributed by atoms with van der Waals surface area (Å²) in [6.07, 6.45) is 5.08. The van der Waals surface area contributed by atoms with Crippen LogP contribution in [-0.4, -0.2) is 29.6 Å². The van der Waals surface area contributed by atoms with Crippen molar-refractivity contribution >= 4 is 0 Å².